The first-order chi connectivity index (χ1) is 12.5. The lowest BCUT2D eigenvalue weighted by Crippen LogP contribution is -2.72. The van der Waals surface area contributed by atoms with Crippen molar-refractivity contribution in [3.8, 4) is 0 Å². The quantitative estimate of drug-likeness (QED) is 0.871. The summed E-state index contributed by atoms with van der Waals surface area (Å²) in [6.07, 6.45) is 2.72. The topological polar surface area (TPSA) is 47.0 Å². The van der Waals surface area contributed by atoms with Crippen molar-refractivity contribution >= 4 is 17.5 Å². The van der Waals surface area contributed by atoms with Crippen molar-refractivity contribution in [3.05, 3.63) is 34.9 Å². The van der Waals surface area contributed by atoms with E-state index >= 15 is 0 Å². The summed E-state index contributed by atoms with van der Waals surface area (Å²) in [4.78, 5) is 19.9. The molecule has 1 amide bonds. The summed E-state index contributed by atoms with van der Waals surface area (Å²) in [6.45, 7) is 7.63. The highest BCUT2D eigenvalue weighted by Gasteiger charge is 2.46. The summed E-state index contributed by atoms with van der Waals surface area (Å²) in [5, 5.41) is 10.7. The van der Waals surface area contributed by atoms with Crippen LogP contribution in [0.3, 0.4) is 0 Å². The van der Waals surface area contributed by atoms with E-state index in [-0.39, 0.29) is 24.1 Å². The van der Waals surface area contributed by atoms with E-state index in [4.69, 9.17) is 11.6 Å². The van der Waals surface area contributed by atoms with Gasteiger partial charge < -0.3 is 14.9 Å². The van der Waals surface area contributed by atoms with Crippen molar-refractivity contribution in [2.75, 3.05) is 45.9 Å². The molecule has 0 spiro atoms. The van der Waals surface area contributed by atoms with Crippen LogP contribution in [0.2, 0.25) is 5.02 Å². The minimum atomic E-state index is -0.378. The molecule has 2 saturated heterocycles. The minimum Gasteiger partial charge on any atom is -0.394 e. The zero-order valence-electron chi connectivity index (χ0n) is 15.4. The molecule has 0 unspecified atom stereocenters. The van der Waals surface area contributed by atoms with Gasteiger partial charge in [0.1, 0.15) is 0 Å². The second-order valence-corrected chi connectivity index (χ2v) is 8.83. The normalized spacial score (nSPS) is 30.3. The van der Waals surface area contributed by atoms with Crippen LogP contribution in [0.5, 0.6) is 0 Å². The van der Waals surface area contributed by atoms with Crippen LogP contribution in [-0.4, -0.2) is 83.2 Å². The average molecular weight is 378 g/mol. The Balaban J connectivity index is 1.51. The summed E-state index contributed by atoms with van der Waals surface area (Å²) in [6, 6.07) is 7.37. The fraction of sp³-hybridized carbons (Fsp3) is 0.650. The van der Waals surface area contributed by atoms with Crippen LogP contribution in [0, 0.1) is 5.92 Å². The van der Waals surface area contributed by atoms with Gasteiger partial charge in [-0.3, -0.25) is 9.69 Å². The molecule has 0 bridgehead atoms. The zero-order chi connectivity index (χ0) is 18.3. The van der Waals surface area contributed by atoms with Crippen LogP contribution in [0.25, 0.3) is 0 Å². The third kappa shape index (κ3) is 3.63. The number of halogens is 1. The maximum absolute atomic E-state index is 13.0. The number of hydrogen-bond acceptors (Lipinski definition) is 4. The number of benzene rings is 1. The van der Waals surface area contributed by atoms with Crippen molar-refractivity contribution in [2.45, 2.75) is 31.3 Å². The number of amides is 1. The first kappa shape index (κ1) is 18.2. The van der Waals surface area contributed by atoms with E-state index in [1.807, 2.05) is 4.90 Å². The molecule has 6 heteroatoms. The van der Waals surface area contributed by atoms with E-state index in [0.29, 0.717) is 17.1 Å². The third-order valence-electron chi connectivity index (χ3n) is 6.16. The van der Waals surface area contributed by atoms with Gasteiger partial charge in [-0.25, -0.2) is 0 Å². The van der Waals surface area contributed by atoms with Gasteiger partial charge in [-0.2, -0.15) is 0 Å². The lowest BCUT2D eigenvalue weighted by atomic mass is 9.91. The molecule has 5 nitrogen and oxygen atoms in total. The molecule has 2 aliphatic heterocycles. The number of rotatable bonds is 4. The predicted molar refractivity (Wildman–Crippen MR) is 103 cm³/mol. The lowest BCUT2D eigenvalue weighted by molar-refractivity contribution is -0.0838. The van der Waals surface area contributed by atoms with Crippen molar-refractivity contribution in [2.24, 2.45) is 5.92 Å². The van der Waals surface area contributed by atoms with Gasteiger partial charge in [-0.1, -0.05) is 11.6 Å². The molecule has 2 atom stereocenters. The number of carbonyl (C=O) groups excluding carboxylic acids is 1. The highest BCUT2D eigenvalue weighted by Crippen LogP contribution is 2.33. The van der Waals surface area contributed by atoms with E-state index in [2.05, 4.69) is 16.7 Å². The van der Waals surface area contributed by atoms with Crippen LogP contribution in [0.15, 0.2) is 24.3 Å². The fourth-order valence-electron chi connectivity index (χ4n) is 4.51. The van der Waals surface area contributed by atoms with Crippen molar-refractivity contribution in [1.29, 1.82) is 0 Å². The first-order valence-corrected chi connectivity index (χ1v) is 10.0. The van der Waals surface area contributed by atoms with Gasteiger partial charge >= 0.3 is 0 Å². The molecular formula is C20H28ClN3O2. The van der Waals surface area contributed by atoms with Crippen LogP contribution < -0.4 is 0 Å². The molecule has 1 aromatic carbocycles. The highest BCUT2D eigenvalue weighted by atomic mass is 35.5. The summed E-state index contributed by atoms with van der Waals surface area (Å²) in [5.74, 6) is 0.904. The molecule has 1 aliphatic carbocycles. The Bertz CT molecular complexity index is 664. The van der Waals surface area contributed by atoms with Gasteiger partial charge in [0.2, 0.25) is 0 Å². The van der Waals surface area contributed by atoms with Gasteiger partial charge in [-0.05, 0) is 49.9 Å². The monoisotopic (exact) mass is 377 g/mol. The van der Waals surface area contributed by atoms with Gasteiger partial charge in [0.15, 0.2) is 0 Å². The van der Waals surface area contributed by atoms with E-state index in [1.165, 1.54) is 19.4 Å². The summed E-state index contributed by atoms with van der Waals surface area (Å²) in [5.41, 5.74) is 0.283. The van der Waals surface area contributed by atoms with Gasteiger partial charge in [-0.15, -0.1) is 0 Å². The Labute approximate surface area is 160 Å². The molecule has 3 aliphatic rings. The molecule has 1 saturated carbocycles. The van der Waals surface area contributed by atoms with Crippen LogP contribution >= 0.6 is 11.6 Å². The Morgan fingerprint density at radius 1 is 1.23 bits per heavy atom. The predicted octanol–water partition coefficient (Wildman–Crippen LogP) is 1.94. The van der Waals surface area contributed by atoms with Gasteiger partial charge in [0, 0.05) is 55.9 Å². The summed E-state index contributed by atoms with van der Waals surface area (Å²) >= 11 is 5.95. The van der Waals surface area contributed by atoms with Crippen molar-refractivity contribution in [3.63, 3.8) is 0 Å². The number of nitrogens with zero attached hydrogens (tertiary/aromatic N) is 3. The average Bonchev–Trinajstić information content (AvgIpc) is 3.45. The zero-order valence-corrected chi connectivity index (χ0v) is 16.2. The van der Waals surface area contributed by atoms with E-state index in [1.54, 1.807) is 24.3 Å². The SMILES string of the molecule is C[C@@]1(CO)CN(C(=O)c2ccc(Cl)cc2)C[C@@H]2CN(CC3CC3)CCN21. The molecule has 0 radical (unpaired) electrons. The van der Waals surface area contributed by atoms with E-state index in [0.717, 1.165) is 32.1 Å². The number of hydrogen-bond donors (Lipinski definition) is 1. The Kier molecular flexibility index (Phi) is 4.99. The smallest absolute Gasteiger partial charge is 0.253 e. The third-order valence-corrected chi connectivity index (χ3v) is 6.41. The molecule has 2 heterocycles. The molecule has 1 aromatic rings. The Morgan fingerprint density at radius 3 is 2.62 bits per heavy atom. The Hall–Kier alpha value is -1.14. The van der Waals surface area contributed by atoms with Gasteiger partial charge in [0.25, 0.3) is 5.91 Å². The molecule has 0 aromatic heterocycles. The second kappa shape index (κ2) is 7.12. The largest absolute Gasteiger partial charge is 0.394 e. The maximum atomic E-state index is 13.0. The summed E-state index contributed by atoms with van der Waals surface area (Å²) < 4.78 is 0. The molecule has 26 heavy (non-hydrogen) atoms. The first-order valence-electron chi connectivity index (χ1n) is 9.63. The Morgan fingerprint density at radius 2 is 1.96 bits per heavy atom. The molecule has 1 N–H and O–H groups in total. The number of aliphatic hydroxyl groups is 1. The maximum Gasteiger partial charge on any atom is 0.253 e. The van der Waals surface area contributed by atoms with Crippen molar-refractivity contribution in [1.82, 2.24) is 14.7 Å². The second-order valence-electron chi connectivity index (χ2n) is 8.40. The van der Waals surface area contributed by atoms with E-state index < -0.39 is 0 Å². The fourth-order valence-corrected chi connectivity index (χ4v) is 4.64. The van der Waals surface area contributed by atoms with Crippen LogP contribution in [0.1, 0.15) is 30.1 Å². The van der Waals surface area contributed by atoms with Gasteiger partial charge in [0.05, 0.1) is 12.1 Å². The molecular weight excluding hydrogens is 350 g/mol. The van der Waals surface area contributed by atoms with Crippen LogP contribution in [0.4, 0.5) is 0 Å². The molecule has 3 fully saturated rings. The highest BCUT2D eigenvalue weighted by molar-refractivity contribution is 6.30. The van der Waals surface area contributed by atoms with Crippen LogP contribution in [-0.2, 0) is 0 Å². The van der Waals surface area contributed by atoms with E-state index in [9.17, 15) is 9.90 Å². The number of fused-ring (bicyclic) bond motifs is 1. The standard InChI is InChI=1S/C20H28ClN3O2/c1-20(14-25)13-23(19(26)16-4-6-17(21)7-5-16)12-18-11-22(8-9-24(18)20)10-15-2-3-15/h4-7,15,18,25H,2-3,8-14H2,1H3/t18-,20-/m0/s1. The number of carbonyl (C=O) groups is 1. The molecule has 4 rings (SSSR count). The minimum absolute atomic E-state index is 0.0281. The lowest BCUT2D eigenvalue weighted by Gasteiger charge is -2.56. The molecule has 142 valence electrons. The summed E-state index contributed by atoms with van der Waals surface area (Å²) in [7, 11) is 0. The number of piperazine rings is 2. The van der Waals surface area contributed by atoms with Crippen molar-refractivity contribution < 1.29 is 9.90 Å². The number of aliphatic hydroxyl groups excluding tert-OH is 1.